The minimum absolute atomic E-state index is 0.224. The quantitative estimate of drug-likeness (QED) is 0.455. The number of hydrogen-bond donors (Lipinski definition) is 2. The monoisotopic (exact) mass is 173 g/mol. The summed E-state index contributed by atoms with van der Waals surface area (Å²) < 4.78 is -0.348. The molecule has 2 amide bonds. The van der Waals surface area contributed by atoms with Crippen LogP contribution in [-0.2, 0) is 4.79 Å². The lowest BCUT2D eigenvalue weighted by Gasteiger charge is -2.25. The van der Waals surface area contributed by atoms with E-state index in [1.807, 2.05) is 0 Å². The number of amides is 2. The molecule has 3 N–H and O–H groups in total. The van der Waals surface area contributed by atoms with E-state index >= 15 is 0 Å². The molecule has 1 atom stereocenters. The zero-order valence-corrected chi connectivity index (χ0v) is 6.99. The van der Waals surface area contributed by atoms with E-state index < -0.39 is 12.0 Å². The largest absolute Gasteiger partial charge is 0.477 e. The Morgan fingerprint density at radius 2 is 2.17 bits per heavy atom. The Hall–Kier alpha value is -1.36. The number of carboxylic acid groups (broad SMARTS) is 1. The van der Waals surface area contributed by atoms with Crippen molar-refractivity contribution in [2.45, 2.75) is 0 Å². The van der Waals surface area contributed by atoms with Gasteiger partial charge in [-0.3, -0.25) is 0 Å². The number of nitrogens with zero attached hydrogens (tertiary/aromatic N) is 1. The van der Waals surface area contributed by atoms with E-state index in [0.717, 1.165) is 0 Å². The molecular weight excluding hydrogens is 160 g/mol. The molecule has 68 valence electrons. The third kappa shape index (κ3) is 2.71. The molecule has 0 aromatic rings. The van der Waals surface area contributed by atoms with Gasteiger partial charge in [0.2, 0.25) is 0 Å². The fraction of sp³-hybridized carbons (Fsp3) is 0.429. The van der Waals surface area contributed by atoms with E-state index in [9.17, 15) is 9.59 Å². The van der Waals surface area contributed by atoms with Gasteiger partial charge in [0.25, 0.3) is 0 Å². The summed E-state index contributed by atoms with van der Waals surface area (Å²) in [6, 6.07) is -0.669. The van der Waals surface area contributed by atoms with Crippen LogP contribution in [0.1, 0.15) is 0 Å². The van der Waals surface area contributed by atoms with Crippen LogP contribution in [0.25, 0.3) is 0 Å². The summed E-state index contributed by atoms with van der Waals surface area (Å²) in [5.41, 5.74) is 5.03. The first kappa shape index (κ1) is 10.6. The van der Waals surface area contributed by atoms with Crippen LogP contribution < -0.4 is 5.73 Å². The maximum Gasteiger partial charge on any atom is 0.414 e. The van der Waals surface area contributed by atoms with E-state index in [1.54, 1.807) is 0 Å². The minimum Gasteiger partial charge on any atom is -0.477 e. The Labute approximate surface area is 70.7 Å². The standard InChI is InChI=1S/C7H12N2O3/c1-3-4-9(2,7(8)12)5-6(10)11/h3H,1,4-5H2,2H3,(H2-,8,10,11,12)/p+1. The maximum absolute atomic E-state index is 10.8. The lowest BCUT2D eigenvalue weighted by molar-refractivity contribution is -0.815. The van der Waals surface area contributed by atoms with E-state index in [4.69, 9.17) is 10.8 Å². The van der Waals surface area contributed by atoms with Gasteiger partial charge in [-0.15, -0.1) is 0 Å². The molecule has 0 bridgehead atoms. The van der Waals surface area contributed by atoms with Crippen LogP contribution in [0.3, 0.4) is 0 Å². The van der Waals surface area contributed by atoms with Gasteiger partial charge in [-0.1, -0.05) is 6.58 Å². The number of primary amides is 1. The first-order valence-electron chi connectivity index (χ1n) is 3.39. The number of likely N-dealkylation sites (N-methyl/N-ethyl adjacent to an activating group) is 1. The Kier molecular flexibility index (Phi) is 3.43. The maximum atomic E-state index is 10.8. The second kappa shape index (κ2) is 3.87. The van der Waals surface area contributed by atoms with Crippen LogP contribution in [-0.4, -0.2) is 41.7 Å². The Morgan fingerprint density at radius 3 is 2.42 bits per heavy atom. The molecule has 0 fully saturated rings. The van der Waals surface area contributed by atoms with Crippen molar-refractivity contribution in [1.29, 1.82) is 0 Å². The van der Waals surface area contributed by atoms with Crippen molar-refractivity contribution in [3.8, 4) is 0 Å². The molecule has 0 rings (SSSR count). The van der Waals surface area contributed by atoms with Crippen molar-refractivity contribution in [3.63, 3.8) is 0 Å². The molecule has 5 nitrogen and oxygen atoms in total. The number of carbonyl (C=O) groups excluding carboxylic acids is 1. The van der Waals surface area contributed by atoms with Crippen molar-refractivity contribution < 1.29 is 19.2 Å². The summed E-state index contributed by atoms with van der Waals surface area (Å²) in [5.74, 6) is -1.06. The first-order chi connectivity index (χ1) is 5.42. The molecular formula is C7H13N2O3+. The highest BCUT2D eigenvalue weighted by Crippen LogP contribution is 2.01. The average Bonchev–Trinajstić information content (AvgIpc) is 1.85. The average molecular weight is 173 g/mol. The fourth-order valence-electron chi connectivity index (χ4n) is 0.816. The summed E-state index contributed by atoms with van der Waals surface area (Å²) in [6.07, 6.45) is 1.47. The van der Waals surface area contributed by atoms with Crippen LogP contribution in [0.4, 0.5) is 4.79 Å². The summed E-state index contributed by atoms with van der Waals surface area (Å²) in [5, 5.41) is 8.47. The highest BCUT2D eigenvalue weighted by atomic mass is 16.4. The molecule has 12 heavy (non-hydrogen) atoms. The zero-order chi connectivity index (χ0) is 9.78. The van der Waals surface area contributed by atoms with Gasteiger partial charge in [0.05, 0.1) is 7.05 Å². The van der Waals surface area contributed by atoms with Gasteiger partial charge >= 0.3 is 12.0 Å². The molecule has 0 saturated carbocycles. The first-order valence-corrected chi connectivity index (χ1v) is 3.39. The summed E-state index contributed by atoms with van der Waals surface area (Å²) in [4.78, 5) is 21.2. The molecule has 0 saturated heterocycles. The highest BCUT2D eigenvalue weighted by Gasteiger charge is 2.30. The molecule has 0 aliphatic rings. The van der Waals surface area contributed by atoms with Crippen molar-refractivity contribution in [2.75, 3.05) is 20.1 Å². The normalized spacial score (nSPS) is 14.8. The second-order valence-corrected chi connectivity index (χ2v) is 2.76. The van der Waals surface area contributed by atoms with Gasteiger partial charge in [-0.05, 0) is 6.08 Å². The number of aliphatic carboxylic acids is 1. The molecule has 0 aromatic carbocycles. The van der Waals surface area contributed by atoms with Crippen LogP contribution in [0, 0.1) is 0 Å². The molecule has 0 aromatic heterocycles. The Bertz CT molecular complexity index is 215. The van der Waals surface area contributed by atoms with Crippen LogP contribution in [0.15, 0.2) is 12.7 Å². The zero-order valence-electron chi connectivity index (χ0n) is 6.99. The summed E-state index contributed by atoms with van der Waals surface area (Å²) >= 11 is 0. The van der Waals surface area contributed by atoms with Gasteiger partial charge in [-0.2, -0.15) is 0 Å². The minimum atomic E-state index is -1.06. The van der Waals surface area contributed by atoms with E-state index in [-0.39, 0.29) is 17.6 Å². The highest BCUT2D eigenvalue weighted by molar-refractivity contribution is 5.72. The molecule has 5 heteroatoms. The Morgan fingerprint density at radius 1 is 1.67 bits per heavy atom. The number of quaternary nitrogens is 1. The number of hydrogen-bond acceptors (Lipinski definition) is 2. The van der Waals surface area contributed by atoms with Gasteiger partial charge in [0.1, 0.15) is 6.54 Å². The number of nitrogens with two attached hydrogens (primary N) is 1. The molecule has 0 spiro atoms. The Balaban J connectivity index is 4.49. The van der Waals surface area contributed by atoms with Crippen molar-refractivity contribution in [2.24, 2.45) is 5.73 Å². The number of rotatable bonds is 4. The van der Waals surface area contributed by atoms with Crippen molar-refractivity contribution in [3.05, 3.63) is 12.7 Å². The van der Waals surface area contributed by atoms with E-state index in [1.165, 1.54) is 13.1 Å². The van der Waals surface area contributed by atoms with Crippen LogP contribution >= 0.6 is 0 Å². The van der Waals surface area contributed by atoms with Crippen molar-refractivity contribution in [1.82, 2.24) is 0 Å². The van der Waals surface area contributed by atoms with Gasteiger partial charge in [0, 0.05) is 0 Å². The summed E-state index contributed by atoms with van der Waals surface area (Å²) in [6.45, 7) is 3.32. The SMILES string of the molecule is C=CC[N+](C)(CC(=O)O)C(N)=O. The lowest BCUT2D eigenvalue weighted by Crippen LogP contribution is -2.55. The van der Waals surface area contributed by atoms with Crippen LogP contribution in [0.2, 0.25) is 0 Å². The topological polar surface area (TPSA) is 80.4 Å². The third-order valence-corrected chi connectivity index (χ3v) is 1.55. The van der Waals surface area contributed by atoms with E-state index in [2.05, 4.69) is 6.58 Å². The predicted octanol–water partition coefficient (Wildman–Crippen LogP) is -0.218. The predicted molar refractivity (Wildman–Crippen MR) is 43.3 cm³/mol. The molecule has 0 aliphatic carbocycles. The molecule has 0 radical (unpaired) electrons. The van der Waals surface area contributed by atoms with Crippen LogP contribution in [0.5, 0.6) is 0 Å². The second-order valence-electron chi connectivity index (χ2n) is 2.76. The molecule has 0 heterocycles. The third-order valence-electron chi connectivity index (χ3n) is 1.55. The number of urea groups is 1. The summed E-state index contributed by atoms with van der Waals surface area (Å²) in [7, 11) is 1.46. The van der Waals surface area contributed by atoms with E-state index in [0.29, 0.717) is 0 Å². The molecule has 1 unspecified atom stereocenters. The lowest BCUT2D eigenvalue weighted by atomic mass is 10.4. The fourth-order valence-corrected chi connectivity index (χ4v) is 0.816. The van der Waals surface area contributed by atoms with Gasteiger partial charge < -0.3 is 10.8 Å². The van der Waals surface area contributed by atoms with Gasteiger partial charge in [-0.25, -0.2) is 14.1 Å². The van der Waals surface area contributed by atoms with Crippen molar-refractivity contribution >= 4 is 12.0 Å². The smallest absolute Gasteiger partial charge is 0.414 e. The number of carbonyl (C=O) groups is 2. The molecule has 0 aliphatic heterocycles. The van der Waals surface area contributed by atoms with Gasteiger partial charge in [0.15, 0.2) is 6.54 Å². The number of carboxylic acids is 1.